The molecule has 1 aromatic carbocycles. The number of ether oxygens (including phenoxy) is 1. The number of nitrogens with one attached hydrogen (secondary N) is 2. The summed E-state index contributed by atoms with van der Waals surface area (Å²) in [6.07, 6.45) is 6.16. The normalized spacial score (nSPS) is 21.1. The first kappa shape index (κ1) is 20.4. The SMILES string of the molecule is CCOC(=O)c1cnn(-c2cccc(NC(=O)N[C@@H]3CCN4CCCC[C@@H]34)c2)c1C. The van der Waals surface area contributed by atoms with E-state index < -0.39 is 0 Å². The highest BCUT2D eigenvalue weighted by Crippen LogP contribution is 2.27. The summed E-state index contributed by atoms with van der Waals surface area (Å²) in [4.78, 5) is 27.1. The number of benzene rings is 1. The van der Waals surface area contributed by atoms with Gasteiger partial charge in [-0.05, 0) is 57.9 Å². The third-order valence-electron chi connectivity index (χ3n) is 6.03. The molecule has 0 spiro atoms. The Hall–Kier alpha value is -2.87. The third kappa shape index (κ3) is 4.18. The van der Waals surface area contributed by atoms with Gasteiger partial charge in [-0.1, -0.05) is 12.5 Å². The molecule has 2 fully saturated rings. The fraction of sp³-hybridized carbons (Fsp3) is 0.500. The molecule has 0 aliphatic carbocycles. The van der Waals surface area contributed by atoms with Gasteiger partial charge in [-0.15, -0.1) is 0 Å². The van der Waals surface area contributed by atoms with Gasteiger partial charge >= 0.3 is 12.0 Å². The van der Waals surface area contributed by atoms with E-state index in [2.05, 4.69) is 20.6 Å². The van der Waals surface area contributed by atoms with Crippen molar-refractivity contribution in [3.8, 4) is 5.69 Å². The van der Waals surface area contributed by atoms with Crippen LogP contribution in [0, 0.1) is 6.92 Å². The average Bonchev–Trinajstić information content (AvgIpc) is 3.32. The Labute approximate surface area is 176 Å². The smallest absolute Gasteiger partial charge is 0.341 e. The zero-order chi connectivity index (χ0) is 21.1. The van der Waals surface area contributed by atoms with Gasteiger partial charge in [0.05, 0.1) is 24.2 Å². The fourth-order valence-electron chi connectivity index (χ4n) is 4.55. The Morgan fingerprint density at radius 2 is 2.10 bits per heavy atom. The Morgan fingerprint density at radius 3 is 2.93 bits per heavy atom. The number of fused-ring (bicyclic) bond motifs is 1. The van der Waals surface area contributed by atoms with E-state index >= 15 is 0 Å². The minimum absolute atomic E-state index is 0.186. The van der Waals surface area contributed by atoms with Gasteiger partial charge in [0.15, 0.2) is 0 Å². The first-order valence-electron chi connectivity index (χ1n) is 10.7. The second-order valence-corrected chi connectivity index (χ2v) is 7.92. The summed E-state index contributed by atoms with van der Waals surface area (Å²) in [6.45, 7) is 6.12. The van der Waals surface area contributed by atoms with Crippen molar-refractivity contribution in [3.63, 3.8) is 0 Å². The lowest BCUT2D eigenvalue weighted by Crippen LogP contribution is -2.47. The van der Waals surface area contributed by atoms with Crippen LogP contribution in [0.4, 0.5) is 10.5 Å². The van der Waals surface area contributed by atoms with Gasteiger partial charge in [-0.3, -0.25) is 4.90 Å². The summed E-state index contributed by atoms with van der Waals surface area (Å²) in [5, 5.41) is 10.4. The predicted molar refractivity (Wildman–Crippen MR) is 114 cm³/mol. The molecular formula is C22H29N5O3. The summed E-state index contributed by atoms with van der Waals surface area (Å²) >= 11 is 0. The first-order chi connectivity index (χ1) is 14.6. The van der Waals surface area contributed by atoms with Gasteiger partial charge in [0.1, 0.15) is 5.56 Å². The van der Waals surface area contributed by atoms with E-state index in [1.807, 2.05) is 31.2 Å². The van der Waals surface area contributed by atoms with Crippen LogP contribution in [0.15, 0.2) is 30.5 Å². The quantitative estimate of drug-likeness (QED) is 0.738. The topological polar surface area (TPSA) is 88.5 Å². The number of urea groups is 1. The standard InChI is InChI=1S/C22H29N5O3/c1-3-30-21(28)18-14-23-27(15(18)2)17-8-6-7-16(13-17)24-22(29)25-19-10-12-26-11-5-4-9-20(19)26/h6-8,13-14,19-20H,3-5,9-12H2,1-2H3,(H2,24,25,29)/t19-,20+/m1/s1. The van der Waals surface area contributed by atoms with Crippen molar-refractivity contribution < 1.29 is 14.3 Å². The number of esters is 1. The van der Waals surface area contributed by atoms with Crippen molar-refractivity contribution >= 4 is 17.7 Å². The highest BCUT2D eigenvalue weighted by atomic mass is 16.5. The lowest BCUT2D eigenvalue weighted by molar-refractivity contribution is 0.0525. The van der Waals surface area contributed by atoms with Crippen LogP contribution in [0.2, 0.25) is 0 Å². The molecule has 2 aliphatic heterocycles. The number of aromatic nitrogens is 2. The maximum atomic E-state index is 12.6. The molecule has 2 atom stereocenters. The lowest BCUT2D eigenvalue weighted by atomic mass is 9.99. The van der Waals surface area contributed by atoms with E-state index in [0.717, 1.165) is 31.6 Å². The molecule has 30 heavy (non-hydrogen) atoms. The molecular weight excluding hydrogens is 382 g/mol. The van der Waals surface area contributed by atoms with Crippen LogP contribution in [0.5, 0.6) is 0 Å². The molecule has 4 rings (SSSR count). The number of hydrogen-bond donors (Lipinski definition) is 2. The average molecular weight is 412 g/mol. The minimum Gasteiger partial charge on any atom is -0.462 e. The molecule has 3 heterocycles. The van der Waals surface area contributed by atoms with Gasteiger partial charge in [-0.25, -0.2) is 14.3 Å². The molecule has 0 unspecified atom stereocenters. The Kier molecular flexibility index (Phi) is 6.03. The van der Waals surface area contributed by atoms with Gasteiger partial charge in [0.25, 0.3) is 0 Å². The highest BCUT2D eigenvalue weighted by Gasteiger charge is 2.36. The molecule has 2 aromatic rings. The van der Waals surface area contributed by atoms with Crippen LogP contribution in [0.1, 0.15) is 48.7 Å². The molecule has 160 valence electrons. The summed E-state index contributed by atoms with van der Waals surface area (Å²) < 4.78 is 6.75. The molecule has 0 radical (unpaired) electrons. The number of carbonyl (C=O) groups excluding carboxylic acids is 2. The number of hydrogen-bond acceptors (Lipinski definition) is 5. The van der Waals surface area contributed by atoms with Crippen LogP contribution < -0.4 is 10.6 Å². The molecule has 1 aromatic heterocycles. The van der Waals surface area contributed by atoms with Crippen molar-refractivity contribution in [2.75, 3.05) is 25.0 Å². The number of piperidine rings is 1. The Bertz CT molecular complexity index is 925. The molecule has 0 bridgehead atoms. The number of nitrogens with zero attached hydrogens (tertiary/aromatic N) is 3. The van der Waals surface area contributed by atoms with E-state index in [9.17, 15) is 9.59 Å². The van der Waals surface area contributed by atoms with Crippen molar-refractivity contribution in [2.45, 2.75) is 51.6 Å². The third-order valence-corrected chi connectivity index (χ3v) is 6.03. The van der Waals surface area contributed by atoms with Crippen LogP contribution in [0.25, 0.3) is 5.69 Å². The zero-order valence-corrected chi connectivity index (χ0v) is 17.6. The number of amides is 2. The van der Waals surface area contributed by atoms with Crippen molar-refractivity contribution in [1.82, 2.24) is 20.0 Å². The molecule has 2 saturated heterocycles. The maximum Gasteiger partial charge on any atom is 0.341 e. The molecule has 2 amide bonds. The monoisotopic (exact) mass is 411 g/mol. The molecule has 2 aliphatic rings. The summed E-state index contributed by atoms with van der Waals surface area (Å²) in [5.41, 5.74) is 2.57. The van der Waals surface area contributed by atoms with Gasteiger partial charge in [0, 0.05) is 24.3 Å². The van der Waals surface area contributed by atoms with Crippen LogP contribution in [-0.2, 0) is 4.74 Å². The minimum atomic E-state index is -0.386. The van der Waals surface area contributed by atoms with Crippen LogP contribution in [-0.4, -0.2) is 58.5 Å². The van der Waals surface area contributed by atoms with Gasteiger partial charge in [-0.2, -0.15) is 5.10 Å². The second kappa shape index (κ2) is 8.87. The van der Waals surface area contributed by atoms with E-state index in [1.54, 1.807) is 11.6 Å². The van der Waals surface area contributed by atoms with E-state index in [1.165, 1.54) is 19.0 Å². The number of rotatable bonds is 5. The summed E-state index contributed by atoms with van der Waals surface area (Å²) in [7, 11) is 0. The zero-order valence-electron chi connectivity index (χ0n) is 17.6. The molecule has 8 nitrogen and oxygen atoms in total. The van der Waals surface area contributed by atoms with E-state index in [0.29, 0.717) is 29.6 Å². The predicted octanol–water partition coefficient (Wildman–Crippen LogP) is 3.11. The van der Waals surface area contributed by atoms with Crippen molar-refractivity contribution in [3.05, 3.63) is 41.7 Å². The van der Waals surface area contributed by atoms with Gasteiger partial charge < -0.3 is 15.4 Å². The number of anilines is 1. The Morgan fingerprint density at radius 1 is 1.23 bits per heavy atom. The number of carbonyl (C=O) groups is 2. The van der Waals surface area contributed by atoms with Crippen molar-refractivity contribution in [1.29, 1.82) is 0 Å². The Balaban J connectivity index is 1.43. The van der Waals surface area contributed by atoms with Crippen LogP contribution >= 0.6 is 0 Å². The second-order valence-electron chi connectivity index (χ2n) is 7.92. The highest BCUT2D eigenvalue weighted by molar-refractivity contribution is 5.91. The van der Waals surface area contributed by atoms with Crippen molar-refractivity contribution in [2.24, 2.45) is 0 Å². The molecule has 2 N–H and O–H groups in total. The first-order valence-corrected chi connectivity index (χ1v) is 10.7. The largest absolute Gasteiger partial charge is 0.462 e. The van der Waals surface area contributed by atoms with Gasteiger partial charge in [0.2, 0.25) is 0 Å². The van der Waals surface area contributed by atoms with E-state index in [-0.39, 0.29) is 18.0 Å². The maximum absolute atomic E-state index is 12.6. The molecule has 0 saturated carbocycles. The fourth-order valence-corrected chi connectivity index (χ4v) is 4.55. The lowest BCUT2D eigenvalue weighted by Gasteiger charge is -2.32. The summed E-state index contributed by atoms with van der Waals surface area (Å²) in [5.74, 6) is -0.386. The van der Waals surface area contributed by atoms with E-state index in [4.69, 9.17) is 4.74 Å². The van der Waals surface area contributed by atoms with Crippen LogP contribution in [0.3, 0.4) is 0 Å². The molecule has 8 heteroatoms. The summed E-state index contributed by atoms with van der Waals surface area (Å²) in [6, 6.07) is 7.90.